The average molecular weight is 580 g/mol. The molecule has 0 saturated carbocycles. The van der Waals surface area contributed by atoms with Crippen molar-refractivity contribution in [3.63, 3.8) is 0 Å². The minimum absolute atomic E-state index is 0.0984. The van der Waals surface area contributed by atoms with Crippen LogP contribution < -0.4 is 16.8 Å². The van der Waals surface area contributed by atoms with Crippen LogP contribution in [0.2, 0.25) is 0 Å². The molecule has 3 aromatic rings. The van der Waals surface area contributed by atoms with E-state index in [4.69, 9.17) is 11.5 Å². The van der Waals surface area contributed by atoms with Crippen molar-refractivity contribution in [3.8, 4) is 6.07 Å². The first-order chi connectivity index (χ1) is 19.1. The van der Waals surface area contributed by atoms with Crippen LogP contribution in [0.1, 0.15) is 79.7 Å². The summed E-state index contributed by atoms with van der Waals surface area (Å²) in [4.78, 5) is 29.6. The molecule has 3 aromatic heterocycles. The summed E-state index contributed by atoms with van der Waals surface area (Å²) < 4.78 is 0. The van der Waals surface area contributed by atoms with Crippen molar-refractivity contribution in [3.05, 3.63) is 60.9 Å². The molecule has 4 atom stereocenters. The predicted octanol–water partition coefficient (Wildman–Crippen LogP) is 2.46. The number of rotatable bonds is 9. The smallest absolute Gasteiger partial charge is 0.258 e. The third-order valence-corrected chi connectivity index (χ3v) is 10.7. The minimum atomic E-state index is -0.916. The molecule has 0 spiro atoms. The Labute approximate surface area is 240 Å². The van der Waals surface area contributed by atoms with Gasteiger partial charge in [0.25, 0.3) is 11.8 Å². The number of nitriles is 1. The lowest BCUT2D eigenvalue weighted by Gasteiger charge is -2.35. The molecule has 210 valence electrons. The number of tetrazole rings is 1. The summed E-state index contributed by atoms with van der Waals surface area (Å²) in [7, 11) is 0. The molecule has 4 heterocycles. The quantitative estimate of drug-likeness (QED) is 0.298. The van der Waals surface area contributed by atoms with E-state index in [9.17, 15) is 14.9 Å². The highest BCUT2D eigenvalue weighted by atomic mass is 32.1. The second kappa shape index (κ2) is 10.8. The number of amides is 2. The van der Waals surface area contributed by atoms with E-state index >= 15 is 0 Å². The Morgan fingerprint density at radius 1 is 1.23 bits per heavy atom. The van der Waals surface area contributed by atoms with Gasteiger partial charge in [0.15, 0.2) is 5.82 Å². The Bertz CT molecular complexity index is 1430. The number of nitrogens with one attached hydrogen (secondary N) is 2. The number of hydrogen-bond donors (Lipinski definition) is 4. The van der Waals surface area contributed by atoms with Crippen LogP contribution in [0.25, 0.3) is 0 Å². The van der Waals surface area contributed by atoms with Crippen LogP contribution in [-0.4, -0.2) is 62.0 Å². The Morgan fingerprint density at radius 3 is 2.33 bits per heavy atom. The molecule has 1 saturated heterocycles. The Kier molecular flexibility index (Phi) is 7.52. The van der Waals surface area contributed by atoms with E-state index in [1.165, 1.54) is 22.7 Å². The van der Waals surface area contributed by atoms with Gasteiger partial charge in [-0.1, -0.05) is 18.7 Å². The zero-order valence-electron chi connectivity index (χ0n) is 22.7. The van der Waals surface area contributed by atoms with Gasteiger partial charge in [-0.05, 0) is 68.7 Å². The number of carbonyl (C=O) groups excluding carboxylic acids is 2. The number of carbonyl (C=O) groups is 2. The number of aryl methyl sites for hydroxylation is 2. The fraction of sp³-hybridized carbons (Fsp3) is 0.481. The maximum Gasteiger partial charge on any atom is 0.258 e. The number of thiophene rings is 2. The third-order valence-electron chi connectivity index (χ3n) is 8.30. The predicted molar refractivity (Wildman–Crippen MR) is 153 cm³/mol. The zero-order chi connectivity index (χ0) is 28.8. The SMILES string of the molecule is C=C(CN[C@@H](C)CC1(c2nn[nH]n2)c2cc(C(N)=O)sc2CCc2sc(C(N)=O)cc21)N1C(C#N)C[C@H](C)C1C. The molecule has 2 amide bonds. The molecule has 2 aliphatic rings. The molecule has 0 radical (unpaired) electrons. The summed E-state index contributed by atoms with van der Waals surface area (Å²) in [5.41, 5.74) is 13.1. The molecule has 0 bridgehead atoms. The fourth-order valence-corrected chi connectivity index (χ4v) is 8.40. The Balaban J connectivity index is 1.54. The van der Waals surface area contributed by atoms with E-state index < -0.39 is 17.2 Å². The summed E-state index contributed by atoms with van der Waals surface area (Å²) in [6, 6.07) is 6.04. The van der Waals surface area contributed by atoms with Gasteiger partial charge in [0, 0.05) is 34.1 Å². The second-order valence-electron chi connectivity index (χ2n) is 10.8. The van der Waals surface area contributed by atoms with Crippen LogP contribution in [0.3, 0.4) is 0 Å². The highest BCUT2D eigenvalue weighted by Gasteiger charge is 2.48. The van der Waals surface area contributed by atoms with Crippen LogP contribution in [0.15, 0.2) is 24.4 Å². The van der Waals surface area contributed by atoms with Crippen molar-refractivity contribution >= 4 is 34.5 Å². The number of likely N-dealkylation sites (tertiary alicyclic amines) is 1. The van der Waals surface area contributed by atoms with E-state index in [-0.39, 0.29) is 18.1 Å². The number of fused-ring (bicyclic) bond motifs is 2. The van der Waals surface area contributed by atoms with Gasteiger partial charge in [0.2, 0.25) is 0 Å². The van der Waals surface area contributed by atoms with E-state index in [2.05, 4.69) is 64.3 Å². The van der Waals surface area contributed by atoms with E-state index in [0.29, 0.717) is 47.3 Å². The second-order valence-corrected chi connectivity index (χ2v) is 13.1. The molecule has 1 aliphatic carbocycles. The summed E-state index contributed by atoms with van der Waals surface area (Å²) in [5, 5.41) is 28.7. The van der Waals surface area contributed by atoms with Crippen molar-refractivity contribution in [2.45, 2.75) is 70.0 Å². The van der Waals surface area contributed by atoms with Crippen molar-refractivity contribution in [2.24, 2.45) is 17.4 Å². The number of hydrogen-bond acceptors (Lipinski definition) is 10. The van der Waals surface area contributed by atoms with Crippen molar-refractivity contribution < 1.29 is 9.59 Å². The molecule has 0 aromatic carbocycles. The first-order valence-corrected chi connectivity index (χ1v) is 14.9. The van der Waals surface area contributed by atoms with Crippen LogP contribution >= 0.6 is 22.7 Å². The van der Waals surface area contributed by atoms with Gasteiger partial charge in [-0.3, -0.25) is 9.59 Å². The van der Waals surface area contributed by atoms with Gasteiger partial charge >= 0.3 is 0 Å². The van der Waals surface area contributed by atoms with Gasteiger partial charge in [0.1, 0.15) is 6.04 Å². The van der Waals surface area contributed by atoms with Crippen LogP contribution in [-0.2, 0) is 18.3 Å². The maximum atomic E-state index is 12.2. The Morgan fingerprint density at radius 2 is 1.82 bits per heavy atom. The lowest BCUT2D eigenvalue weighted by molar-refractivity contribution is 0.0995. The number of aromatic amines is 1. The monoisotopic (exact) mass is 579 g/mol. The topological polar surface area (TPSA) is 180 Å². The first-order valence-electron chi connectivity index (χ1n) is 13.3. The zero-order valence-corrected chi connectivity index (χ0v) is 24.4. The fourth-order valence-electron chi connectivity index (χ4n) is 6.22. The highest BCUT2D eigenvalue weighted by molar-refractivity contribution is 7.15. The molecule has 6 N–H and O–H groups in total. The molecule has 5 rings (SSSR count). The van der Waals surface area contributed by atoms with Crippen molar-refractivity contribution in [1.82, 2.24) is 30.8 Å². The van der Waals surface area contributed by atoms with Gasteiger partial charge in [0.05, 0.1) is 21.2 Å². The largest absolute Gasteiger partial charge is 0.365 e. The summed E-state index contributed by atoms with van der Waals surface area (Å²) in [6.07, 6.45) is 2.67. The normalized spacial score (nSPS) is 22.1. The van der Waals surface area contributed by atoms with E-state index in [1.54, 1.807) is 0 Å². The maximum absolute atomic E-state index is 12.2. The van der Waals surface area contributed by atoms with Gasteiger partial charge in [-0.2, -0.15) is 10.5 Å². The standard InChI is InChI=1S/C27H33N9O2S2/c1-13-7-17(11-28)36(16(13)4)15(3)12-31-14(2)10-27(26-32-34-35-33-26)18-8-22(24(29)37)39-20(18)5-6-21-19(27)9-23(40-21)25(30)38/h8-9,13-14,16-17,31H,3,5-7,10,12H2,1-2,4H3,(H2,29,37)(H2,30,38)(H,32,33,34,35)/t13-,14-,16?,17?/m0/s1. The molecular weight excluding hydrogens is 546 g/mol. The number of H-pyrrole nitrogens is 1. The third kappa shape index (κ3) is 4.70. The summed E-state index contributed by atoms with van der Waals surface area (Å²) in [5.74, 6) is -0.142. The lowest BCUT2D eigenvalue weighted by atomic mass is 9.70. The van der Waals surface area contributed by atoms with Gasteiger partial charge in [-0.15, -0.1) is 32.9 Å². The van der Waals surface area contributed by atoms with Gasteiger partial charge < -0.3 is 21.7 Å². The molecule has 1 aliphatic heterocycles. The van der Waals surface area contributed by atoms with Crippen LogP contribution in [0.5, 0.6) is 0 Å². The minimum Gasteiger partial charge on any atom is -0.365 e. The van der Waals surface area contributed by atoms with E-state index in [1.807, 2.05) is 12.1 Å². The number of nitrogens with two attached hydrogens (primary N) is 2. The van der Waals surface area contributed by atoms with Crippen LogP contribution in [0.4, 0.5) is 0 Å². The van der Waals surface area contributed by atoms with Crippen LogP contribution in [0, 0.1) is 17.2 Å². The molecule has 11 nitrogen and oxygen atoms in total. The number of primary amides is 2. The van der Waals surface area contributed by atoms with E-state index in [0.717, 1.165) is 33.0 Å². The van der Waals surface area contributed by atoms with Crippen molar-refractivity contribution in [2.75, 3.05) is 6.54 Å². The molecule has 2 unspecified atom stereocenters. The molecule has 1 fully saturated rings. The summed E-state index contributed by atoms with van der Waals surface area (Å²) >= 11 is 2.77. The first kappa shape index (κ1) is 27.9. The molecular formula is C27H33N9O2S2. The Hall–Kier alpha value is -3.60. The summed E-state index contributed by atoms with van der Waals surface area (Å²) in [6.45, 7) is 11.2. The average Bonchev–Trinajstić information content (AvgIpc) is 3.71. The lowest BCUT2D eigenvalue weighted by Crippen LogP contribution is -2.43. The number of nitrogens with zero attached hydrogens (tertiary/aromatic N) is 5. The molecule has 40 heavy (non-hydrogen) atoms. The number of aromatic nitrogens is 4. The highest BCUT2D eigenvalue weighted by Crippen LogP contribution is 2.50. The molecule has 13 heteroatoms. The van der Waals surface area contributed by atoms with Crippen molar-refractivity contribution in [1.29, 1.82) is 5.26 Å². The van der Waals surface area contributed by atoms with Gasteiger partial charge in [-0.25, -0.2) is 0 Å².